The van der Waals surface area contributed by atoms with Crippen LogP contribution in [-0.4, -0.2) is 19.9 Å². The smallest absolute Gasteiger partial charge is 0.163 e. The van der Waals surface area contributed by atoms with Gasteiger partial charge in [-0.1, -0.05) is 42.5 Å². The summed E-state index contributed by atoms with van der Waals surface area (Å²) in [5.74, 6) is 1.42. The van der Waals surface area contributed by atoms with E-state index in [0.29, 0.717) is 12.4 Å². The Hall–Kier alpha value is -4.12. The van der Waals surface area contributed by atoms with Gasteiger partial charge in [0.2, 0.25) is 0 Å². The van der Waals surface area contributed by atoms with Crippen LogP contribution in [0, 0.1) is 0 Å². The molecule has 0 aliphatic rings. The summed E-state index contributed by atoms with van der Waals surface area (Å²) in [4.78, 5) is 18.3. The van der Waals surface area contributed by atoms with Gasteiger partial charge in [-0.2, -0.15) is 0 Å². The van der Waals surface area contributed by atoms with Gasteiger partial charge in [0.25, 0.3) is 0 Å². The van der Waals surface area contributed by atoms with Gasteiger partial charge >= 0.3 is 0 Å². The third kappa shape index (κ3) is 3.73. The molecular formula is C25H19N5. The van der Waals surface area contributed by atoms with Crippen LogP contribution < -0.4 is 5.32 Å². The molecular weight excluding hydrogens is 370 g/mol. The molecule has 0 aliphatic carbocycles. The largest absolute Gasteiger partial charge is 0.364 e. The molecule has 5 aromatic rings. The number of anilines is 1. The van der Waals surface area contributed by atoms with Crippen LogP contribution in [0.2, 0.25) is 0 Å². The standard InChI is InChI=1S/C25H19N5/c1-2-7-18(8-3-1)19-11-12-22-23(15-19)29-24(20-9-6-13-26-16-20)30-25(22)28-17-21-10-4-5-14-27-21/h1-16H,17H2,(H,28,29,30). The van der Waals surface area contributed by atoms with E-state index in [4.69, 9.17) is 9.97 Å². The van der Waals surface area contributed by atoms with Gasteiger partial charge < -0.3 is 5.32 Å². The predicted octanol–water partition coefficient (Wildman–Crippen LogP) is 5.37. The van der Waals surface area contributed by atoms with Crippen molar-refractivity contribution in [1.29, 1.82) is 0 Å². The van der Waals surface area contributed by atoms with Crippen molar-refractivity contribution >= 4 is 16.7 Å². The maximum absolute atomic E-state index is 4.84. The van der Waals surface area contributed by atoms with Gasteiger partial charge in [-0.05, 0) is 47.5 Å². The number of rotatable bonds is 5. The first-order valence-electron chi connectivity index (χ1n) is 9.78. The highest BCUT2D eigenvalue weighted by atomic mass is 15.0. The number of aromatic nitrogens is 4. The summed E-state index contributed by atoms with van der Waals surface area (Å²) in [6.07, 6.45) is 5.32. The van der Waals surface area contributed by atoms with E-state index in [0.717, 1.165) is 39.1 Å². The van der Waals surface area contributed by atoms with Crippen molar-refractivity contribution in [3.05, 3.63) is 103 Å². The Bertz CT molecular complexity index is 1270. The van der Waals surface area contributed by atoms with E-state index < -0.39 is 0 Å². The fourth-order valence-electron chi connectivity index (χ4n) is 3.38. The first-order chi connectivity index (χ1) is 14.9. The van der Waals surface area contributed by atoms with Gasteiger partial charge in [-0.25, -0.2) is 9.97 Å². The SMILES string of the molecule is c1ccc(-c2ccc3c(NCc4ccccn4)nc(-c4cccnc4)nc3c2)cc1. The third-order valence-corrected chi connectivity index (χ3v) is 4.89. The van der Waals surface area contributed by atoms with Gasteiger partial charge in [0.15, 0.2) is 5.82 Å². The number of fused-ring (bicyclic) bond motifs is 1. The van der Waals surface area contributed by atoms with Crippen molar-refractivity contribution in [2.75, 3.05) is 5.32 Å². The summed E-state index contributed by atoms with van der Waals surface area (Å²) in [6, 6.07) is 26.3. The third-order valence-electron chi connectivity index (χ3n) is 4.89. The molecule has 5 rings (SSSR count). The predicted molar refractivity (Wildman–Crippen MR) is 120 cm³/mol. The molecule has 0 fully saturated rings. The van der Waals surface area contributed by atoms with Crippen LogP contribution in [0.5, 0.6) is 0 Å². The Morgan fingerprint density at radius 1 is 0.700 bits per heavy atom. The molecule has 0 spiro atoms. The Balaban J connectivity index is 1.61. The first-order valence-corrected chi connectivity index (χ1v) is 9.78. The minimum absolute atomic E-state index is 0.583. The maximum atomic E-state index is 4.84. The van der Waals surface area contributed by atoms with E-state index in [9.17, 15) is 0 Å². The molecule has 5 nitrogen and oxygen atoms in total. The zero-order valence-electron chi connectivity index (χ0n) is 16.2. The zero-order chi connectivity index (χ0) is 20.2. The highest BCUT2D eigenvalue weighted by Crippen LogP contribution is 2.29. The highest BCUT2D eigenvalue weighted by Gasteiger charge is 2.11. The number of pyridine rings is 2. The molecule has 0 saturated carbocycles. The fraction of sp³-hybridized carbons (Fsp3) is 0.0400. The van der Waals surface area contributed by atoms with E-state index in [2.05, 4.69) is 45.6 Å². The van der Waals surface area contributed by atoms with Crippen molar-refractivity contribution in [1.82, 2.24) is 19.9 Å². The molecule has 0 saturated heterocycles. The van der Waals surface area contributed by atoms with Crippen LogP contribution in [0.15, 0.2) is 97.5 Å². The topological polar surface area (TPSA) is 63.6 Å². The van der Waals surface area contributed by atoms with Crippen LogP contribution >= 0.6 is 0 Å². The van der Waals surface area contributed by atoms with Crippen LogP contribution in [0.25, 0.3) is 33.4 Å². The van der Waals surface area contributed by atoms with Gasteiger partial charge in [-0.15, -0.1) is 0 Å². The second kappa shape index (κ2) is 8.09. The summed E-state index contributed by atoms with van der Waals surface area (Å²) < 4.78 is 0. The van der Waals surface area contributed by atoms with Crippen molar-refractivity contribution in [2.45, 2.75) is 6.54 Å². The highest BCUT2D eigenvalue weighted by molar-refractivity contribution is 5.93. The average molecular weight is 389 g/mol. The lowest BCUT2D eigenvalue weighted by Crippen LogP contribution is -2.05. The lowest BCUT2D eigenvalue weighted by Gasteiger charge is -2.12. The number of nitrogens with one attached hydrogen (secondary N) is 1. The molecule has 0 atom stereocenters. The molecule has 30 heavy (non-hydrogen) atoms. The molecule has 3 aromatic heterocycles. The monoisotopic (exact) mass is 389 g/mol. The molecule has 0 bridgehead atoms. The van der Waals surface area contributed by atoms with Gasteiger partial charge in [-0.3, -0.25) is 9.97 Å². The number of benzene rings is 2. The average Bonchev–Trinajstić information content (AvgIpc) is 2.84. The molecule has 5 heteroatoms. The quantitative estimate of drug-likeness (QED) is 0.438. The Morgan fingerprint density at radius 3 is 2.37 bits per heavy atom. The number of hydrogen-bond donors (Lipinski definition) is 1. The molecule has 144 valence electrons. The summed E-state index contributed by atoms with van der Waals surface area (Å²) in [7, 11) is 0. The second-order valence-corrected chi connectivity index (χ2v) is 6.91. The molecule has 0 unspecified atom stereocenters. The Kier molecular flexibility index (Phi) is 4.84. The van der Waals surface area contributed by atoms with E-state index in [1.807, 2.05) is 48.5 Å². The summed E-state index contributed by atoms with van der Waals surface area (Å²) in [5.41, 5.74) is 4.99. The van der Waals surface area contributed by atoms with Crippen LogP contribution in [0.4, 0.5) is 5.82 Å². The van der Waals surface area contributed by atoms with E-state index in [1.54, 1.807) is 18.6 Å². The van der Waals surface area contributed by atoms with Crippen molar-refractivity contribution in [2.24, 2.45) is 0 Å². The summed E-state index contributed by atoms with van der Waals surface area (Å²) in [6.45, 7) is 0.583. The lowest BCUT2D eigenvalue weighted by atomic mass is 10.0. The van der Waals surface area contributed by atoms with Gasteiger partial charge in [0.1, 0.15) is 5.82 Å². The minimum atomic E-state index is 0.583. The summed E-state index contributed by atoms with van der Waals surface area (Å²) in [5, 5.41) is 4.41. The van der Waals surface area contributed by atoms with Crippen LogP contribution in [0.3, 0.4) is 0 Å². The van der Waals surface area contributed by atoms with Crippen molar-refractivity contribution in [3.63, 3.8) is 0 Å². The summed E-state index contributed by atoms with van der Waals surface area (Å²) >= 11 is 0. The Labute approximate surface area is 174 Å². The molecule has 2 aromatic carbocycles. The van der Waals surface area contributed by atoms with Crippen molar-refractivity contribution < 1.29 is 0 Å². The van der Waals surface area contributed by atoms with Gasteiger partial charge in [0, 0.05) is 29.5 Å². The molecule has 3 heterocycles. The molecule has 0 radical (unpaired) electrons. The minimum Gasteiger partial charge on any atom is -0.364 e. The van der Waals surface area contributed by atoms with Crippen LogP contribution in [0.1, 0.15) is 5.69 Å². The zero-order valence-corrected chi connectivity index (χ0v) is 16.2. The molecule has 0 aliphatic heterocycles. The first kappa shape index (κ1) is 17.9. The normalized spacial score (nSPS) is 10.8. The number of hydrogen-bond acceptors (Lipinski definition) is 5. The molecule has 0 amide bonds. The number of nitrogens with zero attached hydrogens (tertiary/aromatic N) is 4. The van der Waals surface area contributed by atoms with E-state index in [-0.39, 0.29) is 0 Å². The van der Waals surface area contributed by atoms with Crippen molar-refractivity contribution in [3.8, 4) is 22.5 Å². The lowest BCUT2D eigenvalue weighted by molar-refractivity contribution is 1.03. The van der Waals surface area contributed by atoms with E-state index >= 15 is 0 Å². The molecule has 1 N–H and O–H groups in total. The van der Waals surface area contributed by atoms with E-state index in [1.165, 1.54) is 0 Å². The Morgan fingerprint density at radius 2 is 1.57 bits per heavy atom. The van der Waals surface area contributed by atoms with Crippen LogP contribution in [-0.2, 0) is 6.54 Å². The fourth-order valence-corrected chi connectivity index (χ4v) is 3.38. The second-order valence-electron chi connectivity index (χ2n) is 6.91. The maximum Gasteiger partial charge on any atom is 0.163 e. The van der Waals surface area contributed by atoms with Gasteiger partial charge in [0.05, 0.1) is 17.8 Å².